The van der Waals surface area contributed by atoms with Crippen LogP contribution in [0.2, 0.25) is 0 Å². The van der Waals surface area contributed by atoms with E-state index in [-0.39, 0.29) is 119 Å². The van der Waals surface area contributed by atoms with Crippen LogP contribution in [-0.4, -0.2) is 115 Å². The van der Waals surface area contributed by atoms with Crippen LogP contribution < -0.4 is 9.47 Å². The number of hydrogen-bond donors (Lipinski definition) is 6. The molecule has 3 heterocycles. The Balaban J connectivity index is 1.19. The van der Waals surface area contributed by atoms with E-state index in [2.05, 4.69) is 40.7 Å². The number of methoxy groups -OCH3 is 1. The van der Waals surface area contributed by atoms with Gasteiger partial charge in [0.25, 0.3) is 50.6 Å². The third-order valence-electron chi connectivity index (χ3n) is 11.6. The van der Waals surface area contributed by atoms with E-state index in [1.807, 2.05) is 6.07 Å². The van der Waals surface area contributed by atoms with Gasteiger partial charge in [0.1, 0.15) is 44.7 Å². The van der Waals surface area contributed by atoms with E-state index in [9.17, 15) is 75.2 Å². The summed E-state index contributed by atoms with van der Waals surface area (Å²) in [7, 11) is -22.1. The highest BCUT2D eigenvalue weighted by Crippen LogP contribution is 2.45. The first kappa shape index (κ1) is 58.9. The second-order valence-electron chi connectivity index (χ2n) is 17.2. The van der Waals surface area contributed by atoms with Crippen LogP contribution in [0.5, 0.6) is 17.4 Å². The largest absolute Gasteiger partial charge is 0.495 e. The minimum atomic E-state index is -4.97. The number of nitrogens with zero attached hydrogens (tertiary/aromatic N) is 10. The summed E-state index contributed by atoms with van der Waals surface area (Å²) in [6.07, 6.45) is -0.216. The van der Waals surface area contributed by atoms with Crippen molar-refractivity contribution in [2.45, 2.75) is 53.2 Å². The first-order valence-corrected chi connectivity index (χ1v) is 31.9. The summed E-state index contributed by atoms with van der Waals surface area (Å²) in [5.74, 6) is -2.13. The zero-order valence-electron chi connectivity index (χ0n) is 41.4. The summed E-state index contributed by atoms with van der Waals surface area (Å²) >= 11 is 1.90. The lowest BCUT2D eigenvalue weighted by Gasteiger charge is -2.12. The average molecular weight is 1230 g/mol. The number of thiazole rings is 1. The van der Waals surface area contributed by atoms with Gasteiger partial charge < -0.3 is 14.6 Å². The molecule has 0 aliphatic carbocycles. The number of hydrogen-bond acceptors (Lipinski definition) is 24. The van der Waals surface area contributed by atoms with Crippen LogP contribution in [0, 0.1) is 32.1 Å². The summed E-state index contributed by atoms with van der Waals surface area (Å²) < 4.78 is 181. The van der Waals surface area contributed by atoms with Crippen molar-refractivity contribution < 1.29 is 79.4 Å². The van der Waals surface area contributed by atoms with Crippen LogP contribution >= 0.6 is 23.1 Å². The Morgan fingerprint density at radius 2 is 1.32 bits per heavy atom. The first-order valence-electron chi connectivity index (χ1n) is 22.5. The minimum Gasteiger partial charge on any atom is -0.495 e. The fourth-order valence-electron chi connectivity index (χ4n) is 7.91. The van der Waals surface area contributed by atoms with Crippen molar-refractivity contribution in [2.75, 3.05) is 31.0 Å². The number of azo groups is 3. The SMILES string of the molecule is COc1ccc2c(nc3c(C#N)c(C)c(N=Nc4cc(C)c(N=Nc5cc(C)c(N=Nc6nc7c(S(=O)(=O)O)cc8ccc(S(=O)(=O)O)cc8c7s6)cc5SCCCS(=O)(=O)O)cc4OCCCS(=O)(=O)O)c(O)n32)c1S(=O)(=O)O. The van der Waals surface area contributed by atoms with E-state index in [0.29, 0.717) is 16.0 Å². The first-order chi connectivity index (χ1) is 37.4. The van der Waals surface area contributed by atoms with Crippen LogP contribution in [0.1, 0.15) is 35.1 Å². The van der Waals surface area contributed by atoms with Crippen LogP contribution in [0.3, 0.4) is 0 Å². The number of nitriles is 1. The predicted molar refractivity (Wildman–Crippen MR) is 290 cm³/mol. The van der Waals surface area contributed by atoms with E-state index in [0.717, 1.165) is 52.8 Å². The zero-order valence-corrected chi connectivity index (χ0v) is 47.1. The lowest BCUT2D eigenvalue weighted by atomic mass is 10.1. The van der Waals surface area contributed by atoms with E-state index in [4.69, 9.17) is 9.47 Å². The number of pyridine rings is 1. The van der Waals surface area contributed by atoms with Gasteiger partial charge in [0.05, 0.1) is 57.4 Å². The number of benzene rings is 5. The Morgan fingerprint density at radius 3 is 1.96 bits per heavy atom. The van der Waals surface area contributed by atoms with E-state index < -0.39 is 82.7 Å². The smallest absolute Gasteiger partial charge is 0.300 e. The minimum absolute atomic E-state index is 0.0145. The second kappa shape index (κ2) is 22.4. The van der Waals surface area contributed by atoms with Gasteiger partial charge in [-0.1, -0.05) is 17.4 Å². The van der Waals surface area contributed by atoms with E-state index in [1.165, 1.54) is 43.3 Å². The maximum atomic E-state index is 12.5. The Kier molecular flexibility index (Phi) is 16.5. The van der Waals surface area contributed by atoms with E-state index >= 15 is 0 Å². The van der Waals surface area contributed by atoms with Gasteiger partial charge in [-0.3, -0.25) is 27.2 Å². The third kappa shape index (κ3) is 12.9. The number of fused-ring (bicyclic) bond motifs is 6. The second-order valence-corrected chi connectivity index (χ2v) is 26.6. The molecule has 28 nitrogen and oxygen atoms in total. The maximum Gasteiger partial charge on any atom is 0.300 e. The summed E-state index contributed by atoms with van der Waals surface area (Å²) in [4.78, 5) is 7.06. The van der Waals surface area contributed by atoms with Crippen LogP contribution in [0.25, 0.3) is 37.7 Å². The third-order valence-corrected chi connectivity index (χ3v) is 18.0. The molecular formula is C45H40N10O18S7. The molecule has 6 N–H and O–H groups in total. The molecule has 0 saturated heterocycles. The van der Waals surface area contributed by atoms with Gasteiger partial charge in [0.15, 0.2) is 16.2 Å². The molecule has 80 heavy (non-hydrogen) atoms. The number of aromatic nitrogens is 3. The Bertz CT molecular complexity index is 4640. The average Bonchev–Trinajstić information content (AvgIpc) is 4.16. The molecule has 0 atom stereocenters. The quantitative estimate of drug-likeness (QED) is 0.0179. The van der Waals surface area contributed by atoms with Gasteiger partial charge >= 0.3 is 0 Å². The van der Waals surface area contributed by atoms with Crippen LogP contribution in [0.15, 0.2) is 111 Å². The Morgan fingerprint density at radius 1 is 0.688 bits per heavy atom. The van der Waals surface area contributed by atoms with Gasteiger partial charge in [-0.15, -0.1) is 37.3 Å². The maximum absolute atomic E-state index is 12.5. The topological polar surface area (TPSA) is 439 Å². The highest BCUT2D eigenvalue weighted by Gasteiger charge is 2.28. The lowest BCUT2D eigenvalue weighted by molar-refractivity contribution is 0.317. The summed E-state index contributed by atoms with van der Waals surface area (Å²) in [5, 5.41) is 48.1. The van der Waals surface area contributed by atoms with Crippen LogP contribution in [0.4, 0.5) is 33.6 Å². The fourth-order valence-corrected chi connectivity index (χ4v) is 13.0. The molecule has 0 bridgehead atoms. The van der Waals surface area contributed by atoms with Gasteiger partial charge in [0, 0.05) is 21.9 Å². The van der Waals surface area contributed by atoms with Gasteiger partial charge in [-0.2, -0.15) is 52.5 Å². The molecule has 35 heteroatoms. The number of aromatic hydroxyl groups is 1. The molecule has 3 aromatic heterocycles. The van der Waals surface area contributed by atoms with Gasteiger partial charge in [-0.05, 0) is 104 Å². The lowest BCUT2D eigenvalue weighted by Crippen LogP contribution is -2.08. The molecule has 420 valence electrons. The van der Waals surface area contributed by atoms with E-state index in [1.54, 1.807) is 19.9 Å². The summed E-state index contributed by atoms with van der Waals surface area (Å²) in [6, 6.07) is 14.9. The number of imidazole rings is 1. The van der Waals surface area contributed by atoms with Crippen molar-refractivity contribution in [1.29, 1.82) is 5.26 Å². The molecule has 8 aromatic rings. The summed E-state index contributed by atoms with van der Waals surface area (Å²) in [6.45, 7) is 4.34. The number of thioether (sulfide) groups is 1. The molecule has 0 spiro atoms. The molecule has 0 unspecified atom stereocenters. The van der Waals surface area contributed by atoms with Gasteiger partial charge in [-0.25, -0.2) is 9.97 Å². The van der Waals surface area contributed by atoms with Crippen molar-refractivity contribution in [3.05, 3.63) is 82.9 Å². The molecule has 0 radical (unpaired) electrons. The van der Waals surface area contributed by atoms with Crippen molar-refractivity contribution in [2.24, 2.45) is 30.7 Å². The molecule has 0 fully saturated rings. The number of aryl methyl sites for hydroxylation is 2. The highest BCUT2D eigenvalue weighted by molar-refractivity contribution is 7.99. The van der Waals surface area contributed by atoms with Crippen molar-refractivity contribution in [1.82, 2.24) is 14.4 Å². The molecule has 0 aliphatic heterocycles. The zero-order chi connectivity index (χ0) is 58.4. The monoisotopic (exact) mass is 1230 g/mol. The Labute approximate surface area is 462 Å². The fraction of sp³-hybridized carbons (Fsp3) is 0.222. The molecule has 0 aliphatic rings. The van der Waals surface area contributed by atoms with Crippen molar-refractivity contribution in [3.63, 3.8) is 0 Å². The van der Waals surface area contributed by atoms with Gasteiger partial charge in [0.2, 0.25) is 11.0 Å². The van der Waals surface area contributed by atoms with Crippen LogP contribution in [-0.2, 0) is 50.6 Å². The molecule has 8 rings (SSSR count). The molecule has 0 saturated carbocycles. The number of ether oxygens (including phenoxy) is 2. The normalized spacial score (nSPS) is 13.1. The summed E-state index contributed by atoms with van der Waals surface area (Å²) in [5.41, 5.74) is 0.0737. The molecule has 5 aromatic carbocycles. The number of rotatable bonds is 20. The predicted octanol–water partition coefficient (Wildman–Crippen LogP) is 9.77. The molecule has 0 amide bonds. The van der Waals surface area contributed by atoms with Crippen molar-refractivity contribution in [3.8, 4) is 23.4 Å². The highest BCUT2D eigenvalue weighted by atomic mass is 32.2. The molecular weight excluding hydrogens is 1190 g/mol. The standard InChI is InChI=1S/C45H40N10O18S7/c1-22-15-31(51-53-38-24(3)28(21-46)43-47-39-33(55(43)44(38)56)9-10-34(72-4)42(39)80(69,70)71)35(73-11-5-13-76(57,58)59)19-29(22)49-52-32-16-23(2)30(20-36(32)74-12-6-14-77(60,61)62)50-54-45-48-40-37(79(66,67)68)17-25-7-8-26(78(63,64)65)18-27(25)41(40)75-45/h7-10,15-20,56H,5-6,11-14H2,1-4H3,(H,57,58,59)(H,60,61,62)(H,63,64,65)(H,66,67,68)(H,69,70,71). The van der Waals surface area contributed by atoms with Crippen molar-refractivity contribution >= 4 is 145 Å². The Hall–Kier alpha value is -7.21.